The van der Waals surface area contributed by atoms with E-state index in [2.05, 4.69) is 15.5 Å². The van der Waals surface area contributed by atoms with Crippen LogP contribution in [0, 0.1) is 0 Å². The number of hydrogen-bond donors (Lipinski definition) is 3. The molecule has 2 aromatic carbocycles. The monoisotopic (exact) mass is 403 g/mol. The number of hydrogen-bond acceptors (Lipinski definition) is 5. The first-order chi connectivity index (χ1) is 12.8. The molecule has 0 saturated heterocycles. The number of nitrogens with two attached hydrogens (primary N) is 1. The van der Waals surface area contributed by atoms with Gasteiger partial charge in [-0.05, 0) is 37.3 Å². The molecule has 0 aliphatic heterocycles. The Kier molecular flexibility index (Phi) is 5.22. The first kappa shape index (κ1) is 19.0. The predicted molar refractivity (Wildman–Crippen MR) is 108 cm³/mol. The molecule has 10 heteroatoms. The summed E-state index contributed by atoms with van der Waals surface area (Å²) in [6, 6.07) is 13.5. The average molecular weight is 403 g/mol. The van der Waals surface area contributed by atoms with Gasteiger partial charge in [0.25, 0.3) is 0 Å². The molecule has 0 fully saturated rings. The molecule has 0 unspecified atom stereocenters. The van der Waals surface area contributed by atoms with Crippen LogP contribution in [0.25, 0.3) is 10.9 Å². The Balaban J connectivity index is 1.92. The number of aromatic nitrogens is 1. The van der Waals surface area contributed by atoms with Crippen molar-refractivity contribution < 1.29 is 13.5 Å². The van der Waals surface area contributed by atoms with Crippen LogP contribution in [-0.4, -0.2) is 23.2 Å². The van der Waals surface area contributed by atoms with Crippen LogP contribution in [0.3, 0.4) is 0 Å². The molecular weight excluding hydrogens is 386 g/mol. The highest BCUT2D eigenvalue weighted by Gasteiger charge is 2.16. The number of aromatic hydroxyl groups is 1. The molecule has 0 amide bonds. The third kappa shape index (κ3) is 3.82. The summed E-state index contributed by atoms with van der Waals surface area (Å²) in [7, 11) is -3.92. The van der Waals surface area contributed by atoms with E-state index < -0.39 is 10.0 Å². The quantitative estimate of drug-likeness (QED) is 0.455. The van der Waals surface area contributed by atoms with Crippen LogP contribution in [0.1, 0.15) is 6.92 Å². The van der Waals surface area contributed by atoms with Crippen LogP contribution < -0.4 is 10.5 Å². The van der Waals surface area contributed by atoms with E-state index in [9.17, 15) is 13.5 Å². The van der Waals surface area contributed by atoms with Crippen LogP contribution in [0.4, 0.5) is 11.4 Å². The van der Waals surface area contributed by atoms with Crippen molar-refractivity contribution in [3.63, 3.8) is 0 Å². The Hall–Kier alpha value is -2.82. The minimum absolute atomic E-state index is 0.0183. The number of fused-ring (bicyclic) bond motifs is 1. The third-order valence-electron chi connectivity index (χ3n) is 3.91. The van der Waals surface area contributed by atoms with Gasteiger partial charge in [0.15, 0.2) is 5.69 Å². The molecule has 3 rings (SSSR count). The number of aryl methyl sites for hydroxylation is 1. The van der Waals surface area contributed by atoms with Gasteiger partial charge >= 0.3 is 0 Å². The minimum atomic E-state index is -3.92. The summed E-state index contributed by atoms with van der Waals surface area (Å²) in [5.41, 5.74) is 1.31. The second-order valence-electron chi connectivity index (χ2n) is 5.60. The van der Waals surface area contributed by atoms with E-state index >= 15 is 0 Å². The Bertz CT molecular complexity index is 1150. The van der Waals surface area contributed by atoms with Crippen molar-refractivity contribution in [2.75, 3.05) is 5.32 Å². The summed E-state index contributed by atoms with van der Waals surface area (Å²) < 4.78 is 25.0. The highest BCUT2D eigenvalue weighted by molar-refractivity contribution is 7.89. The Labute approximate surface area is 161 Å². The highest BCUT2D eigenvalue weighted by atomic mass is 32.2. The van der Waals surface area contributed by atoms with Crippen molar-refractivity contribution in [3.8, 4) is 5.88 Å². The number of nitrogens with zero attached hydrogens (tertiary/aromatic N) is 3. The van der Waals surface area contributed by atoms with Crippen molar-refractivity contribution in [1.29, 1.82) is 0 Å². The van der Waals surface area contributed by atoms with Crippen molar-refractivity contribution >= 4 is 49.6 Å². The van der Waals surface area contributed by atoms with Gasteiger partial charge in [-0.15, -0.1) is 10.2 Å². The van der Waals surface area contributed by atoms with Gasteiger partial charge in [0.1, 0.15) is 4.90 Å². The van der Waals surface area contributed by atoms with E-state index in [1.54, 1.807) is 16.7 Å². The lowest BCUT2D eigenvalue weighted by Crippen LogP contribution is -2.16. The summed E-state index contributed by atoms with van der Waals surface area (Å²) in [4.78, 5) is -0.104. The van der Waals surface area contributed by atoms with Gasteiger partial charge < -0.3 is 15.0 Å². The maximum Gasteiger partial charge on any atom is 0.240 e. The molecule has 0 aliphatic rings. The van der Waals surface area contributed by atoms with Crippen LogP contribution in [0.15, 0.2) is 63.7 Å². The molecule has 0 aliphatic carbocycles. The molecule has 27 heavy (non-hydrogen) atoms. The molecule has 3 aromatic rings. The smallest absolute Gasteiger partial charge is 0.240 e. The average Bonchev–Trinajstić information content (AvgIpc) is 2.90. The molecule has 140 valence electrons. The number of primary sulfonamides is 1. The number of benzene rings is 2. The van der Waals surface area contributed by atoms with E-state index in [1.165, 1.54) is 12.1 Å². The van der Waals surface area contributed by atoms with E-state index in [4.69, 9.17) is 17.4 Å². The Morgan fingerprint density at radius 2 is 1.89 bits per heavy atom. The summed E-state index contributed by atoms with van der Waals surface area (Å²) in [6.07, 6.45) is 0. The second-order valence-corrected chi connectivity index (χ2v) is 7.52. The van der Waals surface area contributed by atoms with Crippen LogP contribution in [0.5, 0.6) is 5.88 Å². The number of anilines is 1. The largest absolute Gasteiger partial charge is 0.493 e. The van der Waals surface area contributed by atoms with Crippen molar-refractivity contribution in [2.24, 2.45) is 15.4 Å². The fourth-order valence-electron chi connectivity index (χ4n) is 2.74. The lowest BCUT2D eigenvalue weighted by Gasteiger charge is -2.08. The van der Waals surface area contributed by atoms with E-state index in [1.807, 2.05) is 31.2 Å². The lowest BCUT2D eigenvalue weighted by atomic mass is 10.2. The maximum absolute atomic E-state index is 11.6. The first-order valence-electron chi connectivity index (χ1n) is 7.97. The Morgan fingerprint density at radius 3 is 2.59 bits per heavy atom. The molecule has 8 nitrogen and oxygen atoms in total. The number of rotatable bonds is 4. The van der Waals surface area contributed by atoms with Crippen LogP contribution >= 0.6 is 12.2 Å². The van der Waals surface area contributed by atoms with E-state index in [-0.39, 0.29) is 27.3 Å². The first-order valence-corrected chi connectivity index (χ1v) is 9.93. The van der Waals surface area contributed by atoms with Crippen molar-refractivity contribution in [2.45, 2.75) is 18.4 Å². The standard InChI is InChI=1S/C17H17N5O3S2/c1-2-22-13-9-5-3-7-11(13)15(16(22)23)20-21-17(26)19-12-8-4-6-10-14(12)27(18,24)25/h3-10,23H,2H2,1H3,(H,19,26)(H2,18,24,25). The Morgan fingerprint density at radius 1 is 1.22 bits per heavy atom. The molecule has 1 aromatic heterocycles. The zero-order valence-corrected chi connectivity index (χ0v) is 16.0. The summed E-state index contributed by atoms with van der Waals surface area (Å²) in [5, 5.41) is 26.9. The lowest BCUT2D eigenvalue weighted by molar-refractivity contribution is 0.427. The number of azo groups is 1. The molecule has 0 radical (unpaired) electrons. The molecule has 4 N–H and O–H groups in total. The fourth-order valence-corrected chi connectivity index (χ4v) is 3.59. The van der Waals surface area contributed by atoms with Gasteiger partial charge in [0, 0.05) is 11.9 Å². The number of sulfonamides is 1. The summed E-state index contributed by atoms with van der Waals surface area (Å²) in [6.45, 7) is 2.47. The summed E-state index contributed by atoms with van der Waals surface area (Å²) in [5.74, 6) is -0.0183. The van der Waals surface area contributed by atoms with E-state index in [0.717, 1.165) is 10.9 Å². The molecule has 0 saturated carbocycles. The minimum Gasteiger partial charge on any atom is -0.493 e. The van der Waals surface area contributed by atoms with Crippen LogP contribution in [0.2, 0.25) is 0 Å². The normalized spacial score (nSPS) is 11.9. The zero-order chi connectivity index (χ0) is 19.6. The molecular formula is C17H17N5O3S2. The van der Waals surface area contributed by atoms with Crippen LogP contribution in [-0.2, 0) is 16.6 Å². The second kappa shape index (κ2) is 7.43. The molecule has 0 atom stereocenters. The maximum atomic E-state index is 11.6. The topological polar surface area (TPSA) is 122 Å². The van der Waals surface area contributed by atoms with Crippen molar-refractivity contribution in [1.82, 2.24) is 4.57 Å². The summed E-state index contributed by atoms with van der Waals surface area (Å²) >= 11 is 5.12. The fraction of sp³-hybridized carbons (Fsp3) is 0.118. The van der Waals surface area contributed by atoms with Gasteiger partial charge in [0.05, 0.1) is 11.2 Å². The zero-order valence-electron chi connectivity index (χ0n) is 14.3. The molecule has 0 spiro atoms. The van der Waals surface area contributed by atoms with Gasteiger partial charge in [0.2, 0.25) is 21.0 Å². The molecule has 0 bridgehead atoms. The van der Waals surface area contributed by atoms with Gasteiger partial charge in [-0.2, -0.15) is 0 Å². The van der Waals surface area contributed by atoms with Gasteiger partial charge in [-0.25, -0.2) is 13.6 Å². The number of para-hydroxylation sites is 2. The van der Waals surface area contributed by atoms with E-state index in [0.29, 0.717) is 6.54 Å². The highest BCUT2D eigenvalue weighted by Crippen LogP contribution is 2.38. The predicted octanol–water partition coefficient (Wildman–Crippen LogP) is 3.49. The number of thiocarbonyl (C=S) groups is 1. The third-order valence-corrected chi connectivity index (χ3v) is 5.06. The van der Waals surface area contributed by atoms with Gasteiger partial charge in [-0.3, -0.25) is 0 Å². The van der Waals surface area contributed by atoms with Gasteiger partial charge in [-0.1, -0.05) is 30.3 Å². The number of nitrogens with one attached hydrogen (secondary N) is 1. The molecule has 1 heterocycles. The SMILES string of the molecule is CCn1c(O)c(N=NC(=S)Nc2ccccc2S(N)(=O)=O)c2ccccc21. The van der Waals surface area contributed by atoms with Crippen molar-refractivity contribution in [3.05, 3.63) is 48.5 Å².